The van der Waals surface area contributed by atoms with E-state index in [1.807, 2.05) is 19.2 Å². The van der Waals surface area contributed by atoms with Gasteiger partial charge in [0.15, 0.2) is 5.13 Å². The first-order valence-corrected chi connectivity index (χ1v) is 9.07. The molecule has 0 saturated carbocycles. The fraction of sp³-hybridized carbons (Fsp3) is 0.688. The van der Waals surface area contributed by atoms with E-state index in [0.29, 0.717) is 23.5 Å². The number of hydrogen-bond donors (Lipinski definition) is 3. The first-order chi connectivity index (χ1) is 11.0. The lowest BCUT2D eigenvalue weighted by Gasteiger charge is -2.29. The van der Waals surface area contributed by atoms with Crippen LogP contribution in [0.15, 0.2) is 11.6 Å². The summed E-state index contributed by atoms with van der Waals surface area (Å²) in [4.78, 5) is 29.0. The Hall–Kier alpha value is -1.47. The van der Waals surface area contributed by atoms with Gasteiger partial charge in [-0.25, -0.2) is 4.98 Å². The molecule has 1 aromatic heterocycles. The minimum Gasteiger partial charge on any atom is -0.344 e. The van der Waals surface area contributed by atoms with E-state index in [2.05, 4.69) is 27.9 Å². The molecule has 1 unspecified atom stereocenters. The minimum atomic E-state index is -0.517. The number of nitrogens with one attached hydrogen (secondary N) is 3. The number of piperidine rings is 1. The summed E-state index contributed by atoms with van der Waals surface area (Å²) in [7, 11) is 0. The molecule has 0 aromatic carbocycles. The van der Waals surface area contributed by atoms with Gasteiger partial charge in [-0.2, -0.15) is 0 Å². The van der Waals surface area contributed by atoms with Crippen molar-refractivity contribution in [2.45, 2.75) is 52.1 Å². The van der Waals surface area contributed by atoms with Gasteiger partial charge in [-0.1, -0.05) is 13.8 Å². The third-order valence-electron chi connectivity index (χ3n) is 4.00. The summed E-state index contributed by atoms with van der Waals surface area (Å²) in [5.41, 5.74) is 0. The van der Waals surface area contributed by atoms with Crippen LogP contribution in [-0.2, 0) is 9.59 Å². The smallest absolute Gasteiger partial charge is 0.248 e. The van der Waals surface area contributed by atoms with Crippen molar-refractivity contribution in [2.24, 2.45) is 11.8 Å². The maximum absolute atomic E-state index is 12.5. The van der Waals surface area contributed by atoms with Crippen molar-refractivity contribution in [1.29, 1.82) is 0 Å². The zero-order valence-electron chi connectivity index (χ0n) is 14.0. The Morgan fingerprint density at radius 2 is 2.26 bits per heavy atom. The molecule has 2 amide bonds. The summed E-state index contributed by atoms with van der Waals surface area (Å²) in [6.07, 6.45) is 3.89. The van der Waals surface area contributed by atoms with Gasteiger partial charge in [0.1, 0.15) is 6.04 Å². The van der Waals surface area contributed by atoms with E-state index in [1.165, 1.54) is 11.3 Å². The predicted octanol–water partition coefficient (Wildman–Crippen LogP) is 2.00. The van der Waals surface area contributed by atoms with Crippen LogP contribution in [0.25, 0.3) is 0 Å². The lowest BCUT2D eigenvalue weighted by atomic mass is 9.92. The summed E-state index contributed by atoms with van der Waals surface area (Å²) in [5, 5.41) is 11.4. The number of hydrogen-bond acceptors (Lipinski definition) is 5. The molecule has 1 aliphatic rings. The van der Waals surface area contributed by atoms with Crippen LogP contribution in [0.4, 0.5) is 5.13 Å². The van der Waals surface area contributed by atoms with Gasteiger partial charge in [0.05, 0.1) is 0 Å². The second-order valence-corrected chi connectivity index (χ2v) is 7.49. The Morgan fingerprint density at radius 1 is 1.48 bits per heavy atom. The molecule has 1 fully saturated rings. The zero-order chi connectivity index (χ0) is 16.8. The minimum absolute atomic E-state index is 0.0155. The van der Waals surface area contributed by atoms with Crippen LogP contribution >= 0.6 is 11.3 Å². The van der Waals surface area contributed by atoms with E-state index in [1.54, 1.807) is 6.20 Å². The van der Waals surface area contributed by atoms with Crippen LogP contribution in [0.5, 0.6) is 0 Å². The third kappa shape index (κ3) is 5.58. The Bertz CT molecular complexity index is 518. The third-order valence-corrected chi connectivity index (χ3v) is 4.69. The number of nitrogens with zero attached hydrogens (tertiary/aromatic N) is 1. The second-order valence-electron chi connectivity index (χ2n) is 6.59. The molecule has 3 N–H and O–H groups in total. The van der Waals surface area contributed by atoms with Crippen LogP contribution in [0.3, 0.4) is 0 Å². The van der Waals surface area contributed by atoms with Crippen LogP contribution in [0, 0.1) is 11.8 Å². The summed E-state index contributed by atoms with van der Waals surface area (Å²) in [6.45, 7) is 7.02. The monoisotopic (exact) mass is 338 g/mol. The largest absolute Gasteiger partial charge is 0.344 e. The van der Waals surface area contributed by atoms with E-state index < -0.39 is 6.04 Å². The lowest BCUT2D eigenvalue weighted by molar-refractivity contribution is -0.130. The summed E-state index contributed by atoms with van der Waals surface area (Å²) in [6, 6.07) is -0.177. The first kappa shape index (κ1) is 17.9. The fourth-order valence-corrected chi connectivity index (χ4v) is 3.37. The molecule has 1 aliphatic heterocycles. The molecule has 2 heterocycles. The molecule has 0 aliphatic carbocycles. The van der Waals surface area contributed by atoms with Crippen LogP contribution in [-0.4, -0.2) is 35.4 Å². The molecule has 1 aromatic rings. The van der Waals surface area contributed by atoms with Crippen molar-refractivity contribution >= 4 is 28.3 Å². The van der Waals surface area contributed by atoms with Gasteiger partial charge in [-0.05, 0) is 38.6 Å². The summed E-state index contributed by atoms with van der Waals surface area (Å²) >= 11 is 1.37. The molecule has 128 valence electrons. The normalized spacial score (nSPS) is 22.6. The molecule has 2 rings (SSSR count). The maximum atomic E-state index is 12.5. The Morgan fingerprint density at radius 3 is 2.87 bits per heavy atom. The average molecular weight is 338 g/mol. The number of carbonyl (C=O) groups excluding carboxylic acids is 2. The summed E-state index contributed by atoms with van der Waals surface area (Å²) in [5.74, 6) is 0.0881. The second kappa shape index (κ2) is 8.40. The van der Waals surface area contributed by atoms with Gasteiger partial charge in [0.25, 0.3) is 0 Å². The summed E-state index contributed by atoms with van der Waals surface area (Å²) < 4.78 is 0. The number of carbonyl (C=O) groups is 2. The number of thiazole rings is 1. The van der Waals surface area contributed by atoms with Crippen molar-refractivity contribution < 1.29 is 9.59 Å². The van der Waals surface area contributed by atoms with Crippen molar-refractivity contribution in [3.8, 4) is 0 Å². The average Bonchev–Trinajstić information content (AvgIpc) is 2.99. The molecular weight excluding hydrogens is 312 g/mol. The molecule has 6 nitrogen and oxygen atoms in total. The SMILES string of the molecule is CC(C)CC(NC(=O)[C@H]1CCN[C@@H](C)C1)C(=O)Nc1nccs1. The maximum Gasteiger partial charge on any atom is 0.248 e. The molecule has 1 saturated heterocycles. The number of amides is 2. The highest BCUT2D eigenvalue weighted by Gasteiger charge is 2.29. The number of rotatable bonds is 6. The topological polar surface area (TPSA) is 83.1 Å². The van der Waals surface area contributed by atoms with E-state index in [0.717, 1.165) is 19.4 Å². The Balaban J connectivity index is 1.96. The van der Waals surface area contributed by atoms with E-state index in [-0.39, 0.29) is 17.7 Å². The highest BCUT2D eigenvalue weighted by molar-refractivity contribution is 7.13. The fourth-order valence-electron chi connectivity index (χ4n) is 2.84. The molecule has 3 atom stereocenters. The van der Waals surface area contributed by atoms with Gasteiger partial charge in [0.2, 0.25) is 11.8 Å². The molecule has 7 heteroatoms. The van der Waals surface area contributed by atoms with E-state index >= 15 is 0 Å². The first-order valence-electron chi connectivity index (χ1n) is 8.19. The van der Waals surface area contributed by atoms with Crippen LogP contribution in [0.2, 0.25) is 0 Å². The molecule has 0 spiro atoms. The van der Waals surface area contributed by atoms with Gasteiger partial charge < -0.3 is 16.0 Å². The highest BCUT2D eigenvalue weighted by Crippen LogP contribution is 2.18. The Kier molecular flexibility index (Phi) is 6.53. The molecular formula is C16H26N4O2S. The van der Waals surface area contributed by atoms with E-state index in [4.69, 9.17) is 0 Å². The van der Waals surface area contributed by atoms with Crippen molar-refractivity contribution in [3.05, 3.63) is 11.6 Å². The standard InChI is InChI=1S/C16H26N4O2S/c1-10(2)8-13(15(22)20-16-18-6-7-23-16)19-14(21)12-4-5-17-11(3)9-12/h6-7,10-13,17H,4-5,8-9H2,1-3H3,(H,19,21)(H,18,20,22)/t11-,12-,13?/m0/s1. The quantitative estimate of drug-likeness (QED) is 0.741. The predicted molar refractivity (Wildman–Crippen MR) is 92.3 cm³/mol. The van der Waals surface area contributed by atoms with Crippen molar-refractivity contribution in [1.82, 2.24) is 15.6 Å². The highest BCUT2D eigenvalue weighted by atomic mass is 32.1. The molecule has 0 bridgehead atoms. The van der Waals surface area contributed by atoms with Crippen LogP contribution in [0.1, 0.15) is 40.0 Å². The Labute approximate surface area is 141 Å². The van der Waals surface area contributed by atoms with Gasteiger partial charge in [-0.15, -0.1) is 11.3 Å². The molecule has 23 heavy (non-hydrogen) atoms. The zero-order valence-corrected chi connectivity index (χ0v) is 14.8. The van der Waals surface area contributed by atoms with Gasteiger partial charge in [0, 0.05) is 23.5 Å². The van der Waals surface area contributed by atoms with Gasteiger partial charge >= 0.3 is 0 Å². The number of aromatic nitrogens is 1. The number of anilines is 1. The lowest BCUT2D eigenvalue weighted by Crippen LogP contribution is -2.49. The van der Waals surface area contributed by atoms with Crippen molar-refractivity contribution in [2.75, 3.05) is 11.9 Å². The van der Waals surface area contributed by atoms with Crippen LogP contribution < -0.4 is 16.0 Å². The van der Waals surface area contributed by atoms with Gasteiger partial charge in [-0.3, -0.25) is 9.59 Å². The molecule has 0 radical (unpaired) electrons. The van der Waals surface area contributed by atoms with Crippen molar-refractivity contribution in [3.63, 3.8) is 0 Å². The van der Waals surface area contributed by atoms with E-state index in [9.17, 15) is 9.59 Å².